The van der Waals surface area contributed by atoms with E-state index in [4.69, 9.17) is 0 Å². The van der Waals surface area contributed by atoms with Crippen molar-refractivity contribution in [2.45, 2.75) is 45.2 Å². The number of hydrogen-bond donors (Lipinski definition) is 0. The molecule has 0 unspecified atom stereocenters. The highest BCUT2D eigenvalue weighted by Gasteiger charge is 2.34. The highest BCUT2D eigenvalue weighted by molar-refractivity contribution is 5.10. The molecule has 1 aliphatic rings. The Kier molecular flexibility index (Phi) is 2.59. The van der Waals surface area contributed by atoms with Crippen LogP contribution in [0.3, 0.4) is 0 Å². The second kappa shape index (κ2) is 3.63. The predicted octanol–water partition coefficient (Wildman–Crippen LogP) is 2.36. The summed E-state index contributed by atoms with van der Waals surface area (Å²) in [5.41, 5.74) is 1.60. The molecule has 0 spiro atoms. The zero-order chi connectivity index (χ0) is 11.1. The van der Waals surface area contributed by atoms with E-state index in [1.807, 2.05) is 17.9 Å². The van der Waals surface area contributed by atoms with Gasteiger partial charge in [-0.2, -0.15) is 5.10 Å². The van der Waals surface area contributed by atoms with E-state index < -0.39 is 0 Å². The van der Waals surface area contributed by atoms with Crippen LogP contribution in [0, 0.1) is 0 Å². The molecule has 1 aliphatic heterocycles. The molecule has 1 aromatic rings. The van der Waals surface area contributed by atoms with E-state index in [1.54, 1.807) is 0 Å². The van der Waals surface area contributed by atoms with Crippen molar-refractivity contribution in [3.8, 4) is 0 Å². The Hall–Kier alpha value is -0.830. The van der Waals surface area contributed by atoms with Crippen molar-refractivity contribution in [3.05, 3.63) is 18.0 Å². The lowest BCUT2D eigenvalue weighted by atomic mass is 10.0. The molecule has 84 valence electrons. The predicted molar refractivity (Wildman–Crippen MR) is 61.6 cm³/mol. The third kappa shape index (κ3) is 1.93. The van der Waals surface area contributed by atoms with E-state index in [0.29, 0.717) is 6.04 Å². The molecule has 0 aromatic carbocycles. The molecule has 0 N–H and O–H groups in total. The topological polar surface area (TPSA) is 21.1 Å². The fourth-order valence-corrected chi connectivity index (χ4v) is 2.59. The smallest absolute Gasteiger partial charge is 0.0552 e. The van der Waals surface area contributed by atoms with Crippen LogP contribution < -0.4 is 0 Å². The Morgan fingerprint density at radius 3 is 2.67 bits per heavy atom. The van der Waals surface area contributed by atoms with E-state index in [0.717, 1.165) is 0 Å². The van der Waals surface area contributed by atoms with Crippen LogP contribution in [0.5, 0.6) is 0 Å². The molecule has 1 fully saturated rings. The Morgan fingerprint density at radius 1 is 1.40 bits per heavy atom. The average molecular weight is 207 g/mol. The van der Waals surface area contributed by atoms with E-state index in [9.17, 15) is 0 Å². The van der Waals surface area contributed by atoms with Crippen molar-refractivity contribution < 1.29 is 0 Å². The summed E-state index contributed by atoms with van der Waals surface area (Å²) in [6.45, 7) is 8.09. The molecule has 1 saturated heterocycles. The molecular formula is C12H21N3. The summed E-state index contributed by atoms with van der Waals surface area (Å²) in [5, 5.41) is 4.27. The Morgan fingerprint density at radius 2 is 2.13 bits per heavy atom. The zero-order valence-corrected chi connectivity index (χ0v) is 10.2. The van der Waals surface area contributed by atoms with Gasteiger partial charge >= 0.3 is 0 Å². The third-order valence-electron chi connectivity index (χ3n) is 3.31. The molecule has 0 bridgehead atoms. The molecule has 2 rings (SSSR count). The van der Waals surface area contributed by atoms with Gasteiger partial charge < -0.3 is 0 Å². The van der Waals surface area contributed by atoms with Crippen LogP contribution >= 0.6 is 0 Å². The van der Waals surface area contributed by atoms with Gasteiger partial charge in [-0.15, -0.1) is 0 Å². The van der Waals surface area contributed by atoms with Gasteiger partial charge in [-0.25, -0.2) is 0 Å². The van der Waals surface area contributed by atoms with Gasteiger partial charge in [0.2, 0.25) is 0 Å². The number of rotatable bonds is 1. The van der Waals surface area contributed by atoms with Crippen molar-refractivity contribution in [3.63, 3.8) is 0 Å². The maximum Gasteiger partial charge on any atom is 0.0552 e. The van der Waals surface area contributed by atoms with Gasteiger partial charge in [0.1, 0.15) is 0 Å². The van der Waals surface area contributed by atoms with Crippen LogP contribution in [0.15, 0.2) is 12.3 Å². The first-order valence-electron chi connectivity index (χ1n) is 5.75. The summed E-state index contributed by atoms with van der Waals surface area (Å²) < 4.78 is 2.01. The largest absolute Gasteiger partial charge is 0.290 e. The summed E-state index contributed by atoms with van der Waals surface area (Å²) in [6.07, 6.45) is 4.46. The lowest BCUT2D eigenvalue weighted by Gasteiger charge is -2.36. The van der Waals surface area contributed by atoms with Gasteiger partial charge in [0.15, 0.2) is 0 Å². The maximum absolute atomic E-state index is 4.27. The molecule has 1 atom stereocenters. The average Bonchev–Trinajstić information content (AvgIpc) is 2.69. The summed E-state index contributed by atoms with van der Waals surface area (Å²) >= 11 is 0. The first-order chi connectivity index (χ1) is 7.00. The Balaban J connectivity index is 2.26. The molecule has 15 heavy (non-hydrogen) atoms. The van der Waals surface area contributed by atoms with E-state index in [1.165, 1.54) is 25.1 Å². The molecule has 0 saturated carbocycles. The van der Waals surface area contributed by atoms with Crippen LogP contribution in [0.2, 0.25) is 0 Å². The third-order valence-corrected chi connectivity index (χ3v) is 3.31. The van der Waals surface area contributed by atoms with E-state index >= 15 is 0 Å². The maximum atomic E-state index is 4.27. The van der Waals surface area contributed by atoms with Crippen LogP contribution in [0.25, 0.3) is 0 Å². The van der Waals surface area contributed by atoms with E-state index in [2.05, 4.69) is 36.8 Å². The second-order valence-corrected chi connectivity index (χ2v) is 5.40. The SMILES string of the molecule is Cn1nccc1[C@H]1CCCN1C(C)(C)C. The summed E-state index contributed by atoms with van der Waals surface area (Å²) in [6, 6.07) is 2.70. The fourth-order valence-electron chi connectivity index (χ4n) is 2.59. The molecule has 3 nitrogen and oxygen atoms in total. The van der Waals surface area contributed by atoms with Crippen molar-refractivity contribution >= 4 is 0 Å². The van der Waals surface area contributed by atoms with Crippen LogP contribution in [0.1, 0.15) is 45.3 Å². The van der Waals surface area contributed by atoms with Crippen molar-refractivity contribution in [1.82, 2.24) is 14.7 Å². The number of aryl methyl sites for hydroxylation is 1. The van der Waals surface area contributed by atoms with Gasteiger partial charge in [0.05, 0.1) is 11.7 Å². The van der Waals surface area contributed by atoms with Crippen LogP contribution in [0.4, 0.5) is 0 Å². The minimum atomic E-state index is 0.255. The fraction of sp³-hybridized carbons (Fsp3) is 0.750. The lowest BCUT2D eigenvalue weighted by Crippen LogP contribution is -2.41. The molecule has 0 radical (unpaired) electrons. The normalized spacial score (nSPS) is 23.6. The molecular weight excluding hydrogens is 186 g/mol. The van der Waals surface area contributed by atoms with E-state index in [-0.39, 0.29) is 5.54 Å². The number of nitrogens with zero attached hydrogens (tertiary/aromatic N) is 3. The minimum Gasteiger partial charge on any atom is -0.290 e. The summed E-state index contributed by atoms with van der Waals surface area (Å²) in [7, 11) is 2.04. The first kappa shape index (κ1) is 10.7. The molecule has 1 aromatic heterocycles. The molecule has 2 heterocycles. The highest BCUT2D eigenvalue weighted by Crippen LogP contribution is 2.36. The monoisotopic (exact) mass is 207 g/mol. The zero-order valence-electron chi connectivity index (χ0n) is 10.2. The van der Waals surface area contributed by atoms with Gasteiger partial charge in [0.25, 0.3) is 0 Å². The Bertz CT molecular complexity index is 335. The molecule has 0 amide bonds. The van der Waals surface area contributed by atoms with Gasteiger partial charge in [0, 0.05) is 18.8 Å². The summed E-state index contributed by atoms with van der Waals surface area (Å²) in [5.74, 6) is 0. The molecule has 3 heteroatoms. The second-order valence-electron chi connectivity index (χ2n) is 5.40. The summed E-state index contributed by atoms with van der Waals surface area (Å²) in [4.78, 5) is 2.59. The first-order valence-corrected chi connectivity index (χ1v) is 5.75. The minimum absolute atomic E-state index is 0.255. The van der Waals surface area contributed by atoms with Crippen molar-refractivity contribution in [2.24, 2.45) is 7.05 Å². The number of aromatic nitrogens is 2. The van der Waals surface area contributed by atoms with Crippen LogP contribution in [-0.2, 0) is 7.05 Å². The van der Waals surface area contributed by atoms with Crippen LogP contribution in [-0.4, -0.2) is 26.8 Å². The van der Waals surface area contributed by atoms with Gasteiger partial charge in [-0.1, -0.05) is 0 Å². The lowest BCUT2D eigenvalue weighted by molar-refractivity contribution is 0.117. The van der Waals surface area contributed by atoms with Crippen molar-refractivity contribution in [2.75, 3.05) is 6.54 Å². The quantitative estimate of drug-likeness (QED) is 0.705. The number of hydrogen-bond acceptors (Lipinski definition) is 2. The highest BCUT2D eigenvalue weighted by atomic mass is 15.3. The molecule has 0 aliphatic carbocycles. The Labute approximate surface area is 92.1 Å². The van der Waals surface area contributed by atoms with Gasteiger partial charge in [-0.05, 0) is 46.2 Å². The van der Waals surface area contributed by atoms with Crippen molar-refractivity contribution in [1.29, 1.82) is 0 Å². The van der Waals surface area contributed by atoms with Gasteiger partial charge in [-0.3, -0.25) is 9.58 Å². The standard InChI is InChI=1S/C12H21N3/c1-12(2,3)15-9-5-6-11(15)10-7-8-13-14(10)4/h7-8,11H,5-6,9H2,1-4H3/t11-/m1/s1. The number of likely N-dealkylation sites (tertiary alicyclic amines) is 1.